The molecule has 3 aromatic heterocycles. The van der Waals surface area contributed by atoms with Gasteiger partial charge in [-0.05, 0) is 24.3 Å². The number of para-hydroxylation sites is 1. The van der Waals surface area contributed by atoms with Crippen molar-refractivity contribution in [3.05, 3.63) is 60.3 Å². The largest absolute Gasteiger partial charge is 0.459 e. The number of carbonyl (C=O) groups excluding carboxylic acids is 1. The Morgan fingerprint density at radius 2 is 2.12 bits per heavy atom. The van der Waals surface area contributed by atoms with Gasteiger partial charge in [-0.25, -0.2) is 0 Å². The molecule has 0 unspecified atom stereocenters. The maximum atomic E-state index is 12.1. The Bertz CT molecular complexity index is 967. The number of furan rings is 1. The van der Waals surface area contributed by atoms with Crippen molar-refractivity contribution >= 4 is 16.8 Å². The molecule has 1 aromatic carbocycles. The monoisotopic (exact) mass is 336 g/mol. The number of aromatic amines is 1. The van der Waals surface area contributed by atoms with E-state index >= 15 is 0 Å². The predicted molar refractivity (Wildman–Crippen MR) is 91.0 cm³/mol. The minimum Gasteiger partial charge on any atom is -0.459 e. The van der Waals surface area contributed by atoms with Gasteiger partial charge in [0, 0.05) is 30.9 Å². The summed E-state index contributed by atoms with van der Waals surface area (Å²) in [6, 6.07) is 13.2. The van der Waals surface area contributed by atoms with E-state index in [2.05, 4.69) is 15.1 Å². The molecule has 1 N–H and O–H groups in total. The number of nitrogens with one attached hydrogen (secondary N) is 1. The lowest BCUT2D eigenvalue weighted by Crippen LogP contribution is -2.28. The summed E-state index contributed by atoms with van der Waals surface area (Å²) in [5.41, 5.74) is 1.79. The van der Waals surface area contributed by atoms with Gasteiger partial charge in [0.05, 0.1) is 6.26 Å². The van der Waals surface area contributed by atoms with E-state index in [1.54, 1.807) is 24.1 Å². The average molecular weight is 336 g/mol. The summed E-state index contributed by atoms with van der Waals surface area (Å²) in [7, 11) is 1.71. The summed E-state index contributed by atoms with van der Waals surface area (Å²) in [6.07, 6.45) is 1.97. The van der Waals surface area contributed by atoms with E-state index in [1.165, 1.54) is 6.26 Å². The van der Waals surface area contributed by atoms with Gasteiger partial charge in [0.1, 0.15) is 5.69 Å². The first kappa shape index (κ1) is 15.2. The van der Waals surface area contributed by atoms with E-state index in [-0.39, 0.29) is 5.91 Å². The van der Waals surface area contributed by atoms with Gasteiger partial charge in [-0.1, -0.05) is 23.4 Å². The molecule has 25 heavy (non-hydrogen) atoms. The Balaban J connectivity index is 1.43. The average Bonchev–Trinajstić information content (AvgIpc) is 3.38. The second-order valence-electron chi connectivity index (χ2n) is 5.74. The number of hydrogen-bond acceptors (Lipinski definition) is 5. The number of fused-ring (bicyclic) bond motifs is 1. The van der Waals surface area contributed by atoms with Crippen molar-refractivity contribution in [2.24, 2.45) is 0 Å². The van der Waals surface area contributed by atoms with E-state index in [0.717, 1.165) is 16.6 Å². The minimum atomic E-state index is -0.177. The molecule has 3 heterocycles. The summed E-state index contributed by atoms with van der Waals surface area (Å²) in [5.74, 6) is 1.12. The van der Waals surface area contributed by atoms with Crippen molar-refractivity contribution in [1.29, 1.82) is 0 Å². The van der Waals surface area contributed by atoms with E-state index in [9.17, 15) is 4.79 Å². The van der Waals surface area contributed by atoms with Crippen LogP contribution < -0.4 is 0 Å². The molecule has 4 aromatic rings. The number of nitrogens with zero attached hydrogens (tertiary/aromatic N) is 3. The molecular weight excluding hydrogens is 320 g/mol. The standard InChI is InChI=1S/C18H16N4O3/c1-22(18(23)15-7-4-10-24-15)9-8-16-20-17(25-21-16)14-11-12-5-2-3-6-13(12)19-14/h2-7,10-11,19H,8-9H2,1H3. The van der Waals surface area contributed by atoms with E-state index in [1.807, 2.05) is 30.3 Å². The van der Waals surface area contributed by atoms with Crippen molar-refractivity contribution in [3.8, 4) is 11.6 Å². The first-order valence-corrected chi connectivity index (χ1v) is 7.90. The van der Waals surface area contributed by atoms with Gasteiger partial charge in [0.25, 0.3) is 11.8 Å². The number of H-pyrrole nitrogens is 1. The summed E-state index contributed by atoms with van der Waals surface area (Å²) in [5, 5.41) is 5.07. The molecule has 0 saturated heterocycles. The lowest BCUT2D eigenvalue weighted by molar-refractivity contribution is 0.0764. The second kappa shape index (κ2) is 6.27. The number of benzene rings is 1. The highest BCUT2D eigenvalue weighted by Gasteiger charge is 2.16. The Labute approximate surface area is 143 Å². The van der Waals surface area contributed by atoms with Gasteiger partial charge in [-0.2, -0.15) is 4.98 Å². The molecule has 0 bridgehead atoms. The minimum absolute atomic E-state index is 0.177. The van der Waals surface area contributed by atoms with Crippen LogP contribution in [0.3, 0.4) is 0 Å². The van der Waals surface area contributed by atoms with Gasteiger partial charge >= 0.3 is 0 Å². The first-order chi connectivity index (χ1) is 12.2. The van der Waals surface area contributed by atoms with E-state index in [4.69, 9.17) is 8.94 Å². The molecule has 7 heteroatoms. The van der Waals surface area contributed by atoms with Crippen LogP contribution in [0.5, 0.6) is 0 Å². The molecule has 0 atom stereocenters. The number of carbonyl (C=O) groups is 1. The fraction of sp³-hybridized carbons (Fsp3) is 0.167. The van der Waals surface area contributed by atoms with Gasteiger partial charge < -0.3 is 18.8 Å². The molecule has 0 radical (unpaired) electrons. The van der Waals surface area contributed by atoms with Crippen LogP contribution in [-0.2, 0) is 6.42 Å². The smallest absolute Gasteiger partial charge is 0.289 e. The van der Waals surface area contributed by atoms with Gasteiger partial charge in [-0.3, -0.25) is 4.79 Å². The molecule has 0 aliphatic heterocycles. The van der Waals surface area contributed by atoms with Crippen LogP contribution >= 0.6 is 0 Å². The third-order valence-corrected chi connectivity index (χ3v) is 3.98. The van der Waals surface area contributed by atoms with Crippen LogP contribution in [0.4, 0.5) is 0 Å². The number of likely N-dealkylation sites (N-methyl/N-ethyl adjacent to an activating group) is 1. The van der Waals surface area contributed by atoms with Crippen LogP contribution in [0.1, 0.15) is 16.4 Å². The van der Waals surface area contributed by atoms with Gasteiger partial charge in [0.15, 0.2) is 11.6 Å². The van der Waals surface area contributed by atoms with Crippen LogP contribution in [0.2, 0.25) is 0 Å². The van der Waals surface area contributed by atoms with Crippen molar-refractivity contribution in [2.75, 3.05) is 13.6 Å². The number of rotatable bonds is 5. The highest BCUT2D eigenvalue weighted by Crippen LogP contribution is 2.22. The summed E-state index contributed by atoms with van der Waals surface area (Å²) in [6.45, 7) is 0.464. The second-order valence-corrected chi connectivity index (χ2v) is 5.74. The molecule has 0 fully saturated rings. The maximum Gasteiger partial charge on any atom is 0.289 e. The maximum absolute atomic E-state index is 12.1. The zero-order valence-electron chi connectivity index (χ0n) is 13.6. The molecule has 4 rings (SSSR count). The quantitative estimate of drug-likeness (QED) is 0.605. The molecule has 0 aliphatic rings. The van der Waals surface area contributed by atoms with Crippen molar-refractivity contribution < 1.29 is 13.7 Å². The number of amides is 1. The highest BCUT2D eigenvalue weighted by atomic mass is 16.5. The number of aromatic nitrogens is 3. The van der Waals surface area contributed by atoms with E-state index in [0.29, 0.717) is 30.4 Å². The zero-order valence-corrected chi connectivity index (χ0v) is 13.6. The van der Waals surface area contributed by atoms with Crippen molar-refractivity contribution in [1.82, 2.24) is 20.0 Å². The Morgan fingerprint density at radius 3 is 2.92 bits per heavy atom. The fourth-order valence-corrected chi connectivity index (χ4v) is 2.61. The molecule has 0 saturated carbocycles. The third-order valence-electron chi connectivity index (χ3n) is 3.98. The predicted octanol–water partition coefficient (Wildman–Crippen LogP) is 3.13. The van der Waals surface area contributed by atoms with Crippen molar-refractivity contribution in [2.45, 2.75) is 6.42 Å². The Morgan fingerprint density at radius 1 is 1.24 bits per heavy atom. The molecule has 126 valence electrons. The zero-order chi connectivity index (χ0) is 17.2. The SMILES string of the molecule is CN(CCc1noc(-c2cc3ccccc3[nH]2)n1)C(=O)c1ccco1. The summed E-state index contributed by atoms with van der Waals surface area (Å²) < 4.78 is 10.4. The molecule has 1 amide bonds. The third kappa shape index (κ3) is 3.03. The first-order valence-electron chi connectivity index (χ1n) is 7.90. The Kier molecular flexibility index (Phi) is 3.81. The van der Waals surface area contributed by atoms with Crippen LogP contribution in [0.15, 0.2) is 57.7 Å². The lowest BCUT2D eigenvalue weighted by Gasteiger charge is -2.14. The fourth-order valence-electron chi connectivity index (χ4n) is 2.61. The van der Waals surface area contributed by atoms with Gasteiger partial charge in [0.2, 0.25) is 0 Å². The molecule has 0 spiro atoms. The summed E-state index contributed by atoms with van der Waals surface area (Å²) in [4.78, 5) is 21.3. The summed E-state index contributed by atoms with van der Waals surface area (Å²) >= 11 is 0. The highest BCUT2D eigenvalue weighted by molar-refractivity contribution is 5.91. The van der Waals surface area contributed by atoms with Crippen LogP contribution in [-0.4, -0.2) is 39.5 Å². The van der Waals surface area contributed by atoms with Crippen LogP contribution in [0.25, 0.3) is 22.5 Å². The van der Waals surface area contributed by atoms with Crippen LogP contribution in [0, 0.1) is 0 Å². The Hall–Kier alpha value is -3.35. The lowest BCUT2D eigenvalue weighted by atomic mass is 10.2. The molecule has 0 aliphatic carbocycles. The molecule has 7 nitrogen and oxygen atoms in total. The molecular formula is C18H16N4O3. The number of hydrogen-bond donors (Lipinski definition) is 1. The van der Waals surface area contributed by atoms with E-state index < -0.39 is 0 Å². The topological polar surface area (TPSA) is 88.2 Å². The van der Waals surface area contributed by atoms with Gasteiger partial charge in [-0.15, -0.1) is 0 Å². The van der Waals surface area contributed by atoms with Crippen molar-refractivity contribution in [3.63, 3.8) is 0 Å². The normalized spacial score (nSPS) is 11.1.